The maximum atomic E-state index is 6.18. The van der Waals surface area contributed by atoms with Crippen molar-refractivity contribution in [3.05, 3.63) is 52.9 Å². The van der Waals surface area contributed by atoms with Gasteiger partial charge in [0.1, 0.15) is 11.3 Å². The number of anilines is 1. The highest BCUT2D eigenvalue weighted by atomic mass is 35.5. The average Bonchev–Trinajstić information content (AvgIpc) is 2.41. The van der Waals surface area contributed by atoms with E-state index in [1.165, 1.54) is 11.1 Å². The minimum Gasteiger partial charge on any atom is -0.348 e. The lowest BCUT2D eigenvalue weighted by atomic mass is 9.94. The maximum absolute atomic E-state index is 6.18. The molecule has 0 spiro atoms. The van der Waals surface area contributed by atoms with Gasteiger partial charge in [-0.2, -0.15) is 0 Å². The molecule has 0 aliphatic carbocycles. The predicted octanol–water partition coefficient (Wildman–Crippen LogP) is 3.25. The minimum atomic E-state index is 0.294. The smallest absolute Gasteiger partial charge is 0.151 e. The summed E-state index contributed by atoms with van der Waals surface area (Å²) >= 11 is 6.18. The van der Waals surface area contributed by atoms with Crippen LogP contribution in [0.1, 0.15) is 24.1 Å². The molecule has 1 aliphatic rings. The van der Waals surface area contributed by atoms with E-state index >= 15 is 0 Å². The van der Waals surface area contributed by atoms with Crippen LogP contribution in [0.15, 0.2) is 36.8 Å². The Balaban J connectivity index is 2.00. The van der Waals surface area contributed by atoms with Crippen molar-refractivity contribution < 1.29 is 0 Å². The summed E-state index contributed by atoms with van der Waals surface area (Å²) in [5, 5.41) is 0.615. The first-order valence-electron chi connectivity index (χ1n) is 6.07. The third-order valence-corrected chi connectivity index (χ3v) is 3.78. The van der Waals surface area contributed by atoms with Crippen molar-refractivity contribution >= 4 is 17.4 Å². The number of benzene rings is 1. The molecule has 2 aromatic rings. The number of nitrogens with zero attached hydrogens (tertiary/aromatic N) is 3. The molecule has 2 heterocycles. The zero-order chi connectivity index (χ0) is 12.5. The lowest BCUT2D eigenvalue weighted by molar-refractivity contribution is 0.616. The fourth-order valence-electron chi connectivity index (χ4n) is 2.58. The summed E-state index contributed by atoms with van der Waals surface area (Å²) in [6, 6.07) is 8.85. The Morgan fingerprint density at radius 1 is 1.33 bits per heavy atom. The van der Waals surface area contributed by atoms with Crippen molar-refractivity contribution in [2.75, 3.05) is 11.4 Å². The lowest BCUT2D eigenvalue weighted by Gasteiger charge is -2.36. The molecule has 1 aromatic heterocycles. The van der Waals surface area contributed by atoms with Gasteiger partial charge in [-0.15, -0.1) is 0 Å². The molecule has 92 valence electrons. The van der Waals surface area contributed by atoms with Gasteiger partial charge in [-0.1, -0.05) is 35.9 Å². The zero-order valence-corrected chi connectivity index (χ0v) is 10.9. The van der Waals surface area contributed by atoms with E-state index in [4.69, 9.17) is 11.6 Å². The SMILES string of the molecule is CC1c2ccccc2CCN1c1ncncc1Cl. The van der Waals surface area contributed by atoms with E-state index in [9.17, 15) is 0 Å². The Bertz CT molecular complexity index is 570. The highest BCUT2D eigenvalue weighted by molar-refractivity contribution is 6.32. The summed E-state index contributed by atoms with van der Waals surface area (Å²) in [6.45, 7) is 3.13. The molecule has 0 fully saturated rings. The molecule has 1 unspecified atom stereocenters. The number of hydrogen-bond donors (Lipinski definition) is 0. The van der Waals surface area contributed by atoms with Crippen LogP contribution in [0.25, 0.3) is 0 Å². The van der Waals surface area contributed by atoms with Crippen LogP contribution in [0.2, 0.25) is 5.02 Å². The van der Waals surface area contributed by atoms with Gasteiger partial charge in [0.05, 0.1) is 12.2 Å². The molecule has 0 N–H and O–H groups in total. The molecule has 0 saturated heterocycles. The molecule has 0 radical (unpaired) electrons. The standard InChI is InChI=1S/C14H14ClN3/c1-10-12-5-3-2-4-11(12)6-7-18(10)14-13(15)8-16-9-17-14/h2-5,8-10H,6-7H2,1H3. The Morgan fingerprint density at radius 3 is 3.00 bits per heavy atom. The highest BCUT2D eigenvalue weighted by Crippen LogP contribution is 2.34. The summed E-state index contributed by atoms with van der Waals surface area (Å²) in [6.07, 6.45) is 4.23. The average molecular weight is 260 g/mol. The quantitative estimate of drug-likeness (QED) is 0.787. The molecule has 3 nitrogen and oxygen atoms in total. The Labute approximate surface area is 111 Å². The Morgan fingerprint density at radius 2 is 2.17 bits per heavy atom. The second-order valence-electron chi connectivity index (χ2n) is 4.51. The zero-order valence-electron chi connectivity index (χ0n) is 10.2. The van der Waals surface area contributed by atoms with Crippen molar-refractivity contribution in [1.29, 1.82) is 0 Å². The van der Waals surface area contributed by atoms with Crippen LogP contribution in [0.4, 0.5) is 5.82 Å². The van der Waals surface area contributed by atoms with Crippen LogP contribution in [0.3, 0.4) is 0 Å². The predicted molar refractivity (Wildman–Crippen MR) is 72.9 cm³/mol. The van der Waals surface area contributed by atoms with Gasteiger partial charge in [-0.3, -0.25) is 0 Å². The topological polar surface area (TPSA) is 29.0 Å². The fraction of sp³-hybridized carbons (Fsp3) is 0.286. The lowest BCUT2D eigenvalue weighted by Crippen LogP contribution is -2.34. The number of halogens is 1. The van der Waals surface area contributed by atoms with E-state index in [1.54, 1.807) is 12.5 Å². The fourth-order valence-corrected chi connectivity index (χ4v) is 2.79. The summed E-state index contributed by atoms with van der Waals surface area (Å²) < 4.78 is 0. The van der Waals surface area contributed by atoms with Gasteiger partial charge in [0.15, 0.2) is 5.82 Å². The van der Waals surface area contributed by atoms with Gasteiger partial charge in [0.25, 0.3) is 0 Å². The van der Waals surface area contributed by atoms with Gasteiger partial charge < -0.3 is 4.90 Å². The Hall–Kier alpha value is -1.61. The van der Waals surface area contributed by atoms with Crippen LogP contribution in [0, 0.1) is 0 Å². The summed E-state index contributed by atoms with van der Waals surface area (Å²) in [5.74, 6) is 0.827. The number of rotatable bonds is 1. The van der Waals surface area contributed by atoms with Gasteiger partial charge in [-0.25, -0.2) is 9.97 Å². The van der Waals surface area contributed by atoms with E-state index in [2.05, 4.69) is 46.1 Å². The summed E-state index contributed by atoms with van der Waals surface area (Å²) in [4.78, 5) is 10.5. The van der Waals surface area contributed by atoms with Crippen molar-refractivity contribution in [2.45, 2.75) is 19.4 Å². The third-order valence-electron chi connectivity index (χ3n) is 3.51. The molecule has 0 amide bonds. The third kappa shape index (κ3) is 1.85. The highest BCUT2D eigenvalue weighted by Gasteiger charge is 2.25. The minimum absolute atomic E-state index is 0.294. The van der Waals surface area contributed by atoms with Crippen LogP contribution >= 0.6 is 11.6 Å². The van der Waals surface area contributed by atoms with Crippen molar-refractivity contribution in [3.8, 4) is 0 Å². The van der Waals surface area contributed by atoms with E-state index in [0.717, 1.165) is 18.8 Å². The van der Waals surface area contributed by atoms with E-state index in [1.807, 2.05) is 0 Å². The summed E-state index contributed by atoms with van der Waals surface area (Å²) in [7, 11) is 0. The van der Waals surface area contributed by atoms with Crippen molar-refractivity contribution in [3.63, 3.8) is 0 Å². The first-order valence-corrected chi connectivity index (χ1v) is 6.45. The second-order valence-corrected chi connectivity index (χ2v) is 4.92. The molecule has 0 bridgehead atoms. The molecule has 18 heavy (non-hydrogen) atoms. The van der Waals surface area contributed by atoms with Gasteiger partial charge in [0.2, 0.25) is 0 Å². The van der Waals surface area contributed by atoms with Crippen LogP contribution in [-0.2, 0) is 6.42 Å². The van der Waals surface area contributed by atoms with Gasteiger partial charge in [0, 0.05) is 6.54 Å². The first-order chi connectivity index (χ1) is 8.77. The molecule has 1 aliphatic heterocycles. The number of fused-ring (bicyclic) bond motifs is 1. The molecule has 1 aromatic carbocycles. The molecule has 0 saturated carbocycles. The van der Waals surface area contributed by atoms with Gasteiger partial charge in [-0.05, 0) is 24.5 Å². The van der Waals surface area contributed by atoms with E-state index in [0.29, 0.717) is 11.1 Å². The Kier molecular flexibility index (Phi) is 2.92. The van der Waals surface area contributed by atoms with E-state index in [-0.39, 0.29) is 0 Å². The molecule has 1 atom stereocenters. The largest absolute Gasteiger partial charge is 0.348 e. The van der Waals surface area contributed by atoms with Crippen LogP contribution in [-0.4, -0.2) is 16.5 Å². The molecular formula is C14H14ClN3. The van der Waals surface area contributed by atoms with Crippen molar-refractivity contribution in [2.24, 2.45) is 0 Å². The van der Waals surface area contributed by atoms with E-state index < -0.39 is 0 Å². The maximum Gasteiger partial charge on any atom is 0.151 e. The molecule has 3 rings (SSSR count). The first kappa shape index (κ1) is 11.5. The molecular weight excluding hydrogens is 246 g/mol. The number of hydrogen-bond acceptors (Lipinski definition) is 3. The monoisotopic (exact) mass is 259 g/mol. The molecule has 4 heteroatoms. The van der Waals surface area contributed by atoms with Crippen LogP contribution < -0.4 is 4.90 Å². The normalized spacial score (nSPS) is 18.6. The van der Waals surface area contributed by atoms with Crippen LogP contribution in [0.5, 0.6) is 0 Å². The van der Waals surface area contributed by atoms with Crippen molar-refractivity contribution in [1.82, 2.24) is 9.97 Å². The second kappa shape index (κ2) is 4.58. The van der Waals surface area contributed by atoms with Gasteiger partial charge >= 0.3 is 0 Å². The number of aromatic nitrogens is 2. The summed E-state index contributed by atoms with van der Waals surface area (Å²) in [5.41, 5.74) is 2.78.